The second kappa shape index (κ2) is 9.11. The van der Waals surface area contributed by atoms with E-state index < -0.39 is 6.61 Å². The van der Waals surface area contributed by atoms with Gasteiger partial charge in [-0.1, -0.05) is 12.1 Å². The smallest absolute Gasteiger partial charge is 0.387 e. The number of hydrogen-bond donors (Lipinski definition) is 0. The average Bonchev–Trinajstić information content (AvgIpc) is 2.71. The summed E-state index contributed by atoms with van der Waals surface area (Å²) in [5.41, 5.74) is 4.10. The number of rotatable bonds is 6. The SMILES string of the molecule is CCOc1cc(C(=O)N2CCN(c3cccc(C)c3C)CC2)ccc1OC(F)F. The Balaban J connectivity index is 1.70. The number of nitrogens with zero attached hydrogens (tertiary/aromatic N) is 2. The van der Waals surface area contributed by atoms with E-state index in [9.17, 15) is 13.6 Å². The van der Waals surface area contributed by atoms with Gasteiger partial charge in [-0.3, -0.25) is 4.79 Å². The fourth-order valence-electron chi connectivity index (χ4n) is 3.51. The highest BCUT2D eigenvalue weighted by atomic mass is 19.3. The molecule has 1 saturated heterocycles. The zero-order valence-corrected chi connectivity index (χ0v) is 17.0. The normalized spacial score (nSPS) is 14.3. The number of amides is 1. The van der Waals surface area contributed by atoms with E-state index in [2.05, 4.69) is 35.6 Å². The maximum atomic E-state index is 12.9. The lowest BCUT2D eigenvalue weighted by molar-refractivity contribution is -0.0514. The molecule has 2 aromatic carbocycles. The lowest BCUT2D eigenvalue weighted by Crippen LogP contribution is -2.49. The summed E-state index contributed by atoms with van der Waals surface area (Å²) < 4.78 is 35.0. The number of halogens is 2. The number of benzene rings is 2. The van der Waals surface area contributed by atoms with Gasteiger partial charge in [-0.25, -0.2) is 0 Å². The minimum Gasteiger partial charge on any atom is -0.490 e. The minimum atomic E-state index is -2.95. The number of alkyl halides is 2. The van der Waals surface area contributed by atoms with E-state index in [0.29, 0.717) is 18.7 Å². The van der Waals surface area contributed by atoms with E-state index in [1.54, 1.807) is 11.8 Å². The van der Waals surface area contributed by atoms with E-state index in [-0.39, 0.29) is 24.0 Å². The Labute approximate surface area is 169 Å². The van der Waals surface area contributed by atoms with Crippen molar-refractivity contribution in [3.63, 3.8) is 0 Å². The molecular formula is C22H26F2N2O3. The van der Waals surface area contributed by atoms with Gasteiger partial charge in [0.15, 0.2) is 11.5 Å². The Morgan fingerprint density at radius 3 is 2.45 bits per heavy atom. The van der Waals surface area contributed by atoms with Crippen LogP contribution < -0.4 is 14.4 Å². The zero-order chi connectivity index (χ0) is 21.0. The molecule has 29 heavy (non-hydrogen) atoms. The quantitative estimate of drug-likeness (QED) is 0.721. The molecule has 1 aliphatic heterocycles. The van der Waals surface area contributed by atoms with Gasteiger partial charge in [0.1, 0.15) is 0 Å². The Bertz CT molecular complexity index is 865. The van der Waals surface area contributed by atoms with E-state index in [0.717, 1.165) is 13.1 Å². The molecule has 156 valence electrons. The minimum absolute atomic E-state index is 0.0712. The van der Waals surface area contributed by atoms with E-state index in [1.165, 1.54) is 35.0 Å². The highest BCUT2D eigenvalue weighted by molar-refractivity contribution is 5.95. The van der Waals surface area contributed by atoms with Crippen molar-refractivity contribution in [2.75, 3.05) is 37.7 Å². The molecule has 1 heterocycles. The average molecular weight is 404 g/mol. The van der Waals surface area contributed by atoms with Crippen molar-refractivity contribution >= 4 is 11.6 Å². The molecule has 1 fully saturated rings. The summed E-state index contributed by atoms with van der Waals surface area (Å²) in [5.74, 6) is -0.0685. The molecule has 1 amide bonds. The maximum Gasteiger partial charge on any atom is 0.387 e. The van der Waals surface area contributed by atoms with Crippen LogP contribution >= 0.6 is 0 Å². The number of aryl methyl sites for hydroxylation is 1. The van der Waals surface area contributed by atoms with Crippen LogP contribution in [0, 0.1) is 13.8 Å². The first-order valence-corrected chi connectivity index (χ1v) is 9.72. The van der Waals surface area contributed by atoms with Crippen LogP contribution in [0.15, 0.2) is 36.4 Å². The molecule has 0 saturated carbocycles. The first kappa shape index (κ1) is 20.9. The number of carbonyl (C=O) groups excluding carboxylic acids is 1. The Morgan fingerprint density at radius 1 is 1.07 bits per heavy atom. The number of anilines is 1. The predicted molar refractivity (Wildman–Crippen MR) is 108 cm³/mol. The van der Waals surface area contributed by atoms with Gasteiger partial charge in [0.2, 0.25) is 0 Å². The van der Waals surface area contributed by atoms with Crippen LogP contribution in [0.3, 0.4) is 0 Å². The molecule has 7 heteroatoms. The van der Waals surface area contributed by atoms with Crippen molar-refractivity contribution in [2.45, 2.75) is 27.4 Å². The summed E-state index contributed by atoms with van der Waals surface area (Å²) >= 11 is 0. The van der Waals surface area contributed by atoms with Crippen molar-refractivity contribution in [1.82, 2.24) is 4.90 Å². The second-order valence-corrected chi connectivity index (χ2v) is 6.97. The Morgan fingerprint density at radius 2 is 1.79 bits per heavy atom. The molecule has 2 aromatic rings. The number of piperazine rings is 1. The van der Waals surface area contributed by atoms with Gasteiger partial charge in [-0.15, -0.1) is 0 Å². The molecule has 5 nitrogen and oxygen atoms in total. The van der Waals surface area contributed by atoms with Crippen molar-refractivity contribution in [3.8, 4) is 11.5 Å². The van der Waals surface area contributed by atoms with Crippen molar-refractivity contribution in [3.05, 3.63) is 53.1 Å². The van der Waals surface area contributed by atoms with Crippen LogP contribution in [-0.4, -0.2) is 50.2 Å². The van der Waals surface area contributed by atoms with Crippen molar-refractivity contribution in [1.29, 1.82) is 0 Å². The zero-order valence-electron chi connectivity index (χ0n) is 17.0. The highest BCUT2D eigenvalue weighted by Gasteiger charge is 2.24. The van der Waals surface area contributed by atoms with Crippen molar-refractivity contribution < 1.29 is 23.0 Å². The monoisotopic (exact) mass is 404 g/mol. The third-order valence-electron chi connectivity index (χ3n) is 5.19. The molecule has 0 N–H and O–H groups in total. The van der Waals surface area contributed by atoms with Gasteiger partial charge in [-0.05, 0) is 56.2 Å². The Hall–Kier alpha value is -2.83. The Kier molecular flexibility index (Phi) is 6.56. The third kappa shape index (κ3) is 4.78. The molecular weight excluding hydrogens is 378 g/mol. The molecule has 0 aromatic heterocycles. The molecule has 0 radical (unpaired) electrons. The van der Waals surface area contributed by atoms with Gasteiger partial charge >= 0.3 is 6.61 Å². The van der Waals surface area contributed by atoms with Gasteiger partial charge in [0.25, 0.3) is 5.91 Å². The number of ether oxygens (including phenoxy) is 2. The summed E-state index contributed by atoms with van der Waals surface area (Å²) in [5, 5.41) is 0. The van der Waals surface area contributed by atoms with Crippen molar-refractivity contribution in [2.24, 2.45) is 0 Å². The summed E-state index contributed by atoms with van der Waals surface area (Å²) in [6.45, 7) is 5.93. The fourth-order valence-corrected chi connectivity index (χ4v) is 3.51. The van der Waals surface area contributed by atoms with Crippen LogP contribution in [0.1, 0.15) is 28.4 Å². The molecule has 0 spiro atoms. The molecule has 0 atom stereocenters. The first-order chi connectivity index (χ1) is 13.9. The van der Waals surface area contributed by atoms with E-state index in [4.69, 9.17) is 4.74 Å². The molecule has 0 bridgehead atoms. The topological polar surface area (TPSA) is 42.0 Å². The third-order valence-corrected chi connectivity index (χ3v) is 5.19. The van der Waals surface area contributed by atoms with Gasteiger partial charge in [0.05, 0.1) is 6.61 Å². The van der Waals surface area contributed by atoms with Gasteiger partial charge in [0, 0.05) is 37.4 Å². The maximum absolute atomic E-state index is 12.9. The van der Waals surface area contributed by atoms with Crippen LogP contribution in [0.5, 0.6) is 11.5 Å². The standard InChI is InChI=1S/C22H26F2N2O3/c1-4-28-20-14-17(8-9-19(20)29-22(23)24)21(27)26-12-10-25(11-13-26)18-7-5-6-15(2)16(18)3/h5-9,14,22H,4,10-13H2,1-3H3. The number of hydrogen-bond acceptors (Lipinski definition) is 4. The summed E-state index contributed by atoms with van der Waals surface area (Å²) in [6.07, 6.45) is 0. The van der Waals surface area contributed by atoms with Crippen LogP contribution in [0.4, 0.5) is 14.5 Å². The predicted octanol–water partition coefficient (Wildman–Crippen LogP) is 4.27. The van der Waals surface area contributed by atoms with E-state index >= 15 is 0 Å². The first-order valence-electron chi connectivity index (χ1n) is 9.72. The van der Waals surface area contributed by atoms with Crippen LogP contribution in [0.25, 0.3) is 0 Å². The van der Waals surface area contributed by atoms with Crippen LogP contribution in [-0.2, 0) is 0 Å². The summed E-state index contributed by atoms with van der Waals surface area (Å²) in [6, 6.07) is 10.6. The van der Waals surface area contributed by atoms with Gasteiger partial charge < -0.3 is 19.3 Å². The largest absolute Gasteiger partial charge is 0.490 e. The fraction of sp³-hybridized carbons (Fsp3) is 0.409. The lowest BCUT2D eigenvalue weighted by atomic mass is 10.1. The lowest BCUT2D eigenvalue weighted by Gasteiger charge is -2.37. The summed E-state index contributed by atoms with van der Waals surface area (Å²) in [4.78, 5) is 17.0. The highest BCUT2D eigenvalue weighted by Crippen LogP contribution is 2.31. The van der Waals surface area contributed by atoms with E-state index in [1.807, 2.05) is 6.07 Å². The number of carbonyl (C=O) groups is 1. The second-order valence-electron chi connectivity index (χ2n) is 6.97. The van der Waals surface area contributed by atoms with Gasteiger partial charge in [-0.2, -0.15) is 8.78 Å². The molecule has 0 unspecified atom stereocenters. The summed E-state index contributed by atoms with van der Waals surface area (Å²) in [7, 11) is 0. The van der Waals surface area contributed by atoms with Crippen LogP contribution in [0.2, 0.25) is 0 Å². The molecule has 0 aliphatic carbocycles. The molecule has 3 rings (SSSR count). The molecule has 1 aliphatic rings.